The average molecular weight is 243 g/mol. The van der Waals surface area contributed by atoms with Crippen LogP contribution in [-0.4, -0.2) is 37.6 Å². The fraction of sp³-hybridized carbons (Fsp3) is 0.533. The number of anilines is 1. The van der Waals surface area contributed by atoms with Crippen molar-refractivity contribution in [2.45, 2.75) is 20.3 Å². The number of aryl methyl sites for hydroxylation is 2. The van der Waals surface area contributed by atoms with Crippen LogP contribution < -0.4 is 4.90 Å². The fourth-order valence-corrected chi connectivity index (χ4v) is 2.57. The molecule has 1 heterocycles. The summed E-state index contributed by atoms with van der Waals surface area (Å²) < 4.78 is 0. The lowest BCUT2D eigenvalue weighted by Gasteiger charge is -2.36. The Labute approximate surface area is 110 Å². The highest BCUT2D eigenvalue weighted by Gasteiger charge is 2.16. The SMILES string of the molecule is Cc1cc(C)cc(N2CCN(CCC#N)CC2)c1. The summed E-state index contributed by atoms with van der Waals surface area (Å²) in [5, 5.41) is 8.60. The van der Waals surface area contributed by atoms with Crippen LogP contribution in [0, 0.1) is 25.2 Å². The number of nitriles is 1. The van der Waals surface area contributed by atoms with Gasteiger partial charge in [-0.05, 0) is 37.1 Å². The van der Waals surface area contributed by atoms with E-state index in [1.54, 1.807) is 0 Å². The van der Waals surface area contributed by atoms with Gasteiger partial charge in [0.2, 0.25) is 0 Å². The highest BCUT2D eigenvalue weighted by Crippen LogP contribution is 2.20. The molecule has 0 unspecified atom stereocenters. The Kier molecular flexibility index (Phi) is 4.22. The van der Waals surface area contributed by atoms with Gasteiger partial charge in [-0.1, -0.05) is 6.07 Å². The Morgan fingerprint density at radius 2 is 1.67 bits per heavy atom. The molecular weight excluding hydrogens is 222 g/mol. The van der Waals surface area contributed by atoms with E-state index in [1.807, 2.05) is 0 Å². The highest BCUT2D eigenvalue weighted by molar-refractivity contribution is 5.51. The zero-order valence-corrected chi connectivity index (χ0v) is 11.3. The lowest BCUT2D eigenvalue weighted by atomic mass is 10.1. The Bertz CT molecular complexity index is 419. The van der Waals surface area contributed by atoms with E-state index < -0.39 is 0 Å². The molecule has 0 amide bonds. The molecule has 0 N–H and O–H groups in total. The minimum Gasteiger partial charge on any atom is -0.369 e. The highest BCUT2D eigenvalue weighted by atomic mass is 15.3. The molecule has 1 fully saturated rings. The summed E-state index contributed by atoms with van der Waals surface area (Å²) in [5.74, 6) is 0. The molecule has 96 valence electrons. The van der Waals surface area contributed by atoms with E-state index in [0.29, 0.717) is 6.42 Å². The van der Waals surface area contributed by atoms with E-state index >= 15 is 0 Å². The molecule has 0 spiro atoms. The standard InChI is InChI=1S/C15H21N3/c1-13-10-14(2)12-15(11-13)18-8-6-17(7-9-18)5-3-4-16/h10-12H,3,5-9H2,1-2H3. The van der Waals surface area contributed by atoms with Gasteiger partial charge in [-0.3, -0.25) is 4.90 Å². The summed E-state index contributed by atoms with van der Waals surface area (Å²) in [6.07, 6.45) is 0.642. The Hall–Kier alpha value is -1.53. The van der Waals surface area contributed by atoms with Gasteiger partial charge in [-0.2, -0.15) is 5.26 Å². The number of hydrogen-bond acceptors (Lipinski definition) is 3. The van der Waals surface area contributed by atoms with Crippen molar-refractivity contribution in [1.29, 1.82) is 5.26 Å². The fourth-order valence-electron chi connectivity index (χ4n) is 2.57. The minimum atomic E-state index is 0.642. The second kappa shape index (κ2) is 5.88. The summed E-state index contributed by atoms with van der Waals surface area (Å²) in [6.45, 7) is 9.47. The van der Waals surface area contributed by atoms with Crippen LogP contribution in [0.5, 0.6) is 0 Å². The van der Waals surface area contributed by atoms with Gasteiger partial charge in [0.1, 0.15) is 0 Å². The van der Waals surface area contributed by atoms with Crippen molar-refractivity contribution in [3.63, 3.8) is 0 Å². The first kappa shape index (κ1) is 12.9. The van der Waals surface area contributed by atoms with Crippen LogP contribution in [-0.2, 0) is 0 Å². The zero-order valence-electron chi connectivity index (χ0n) is 11.3. The second-order valence-electron chi connectivity index (χ2n) is 5.08. The number of rotatable bonds is 3. The first-order valence-corrected chi connectivity index (χ1v) is 6.61. The molecular formula is C15H21N3. The predicted molar refractivity (Wildman–Crippen MR) is 74.8 cm³/mol. The molecule has 0 atom stereocenters. The van der Waals surface area contributed by atoms with E-state index in [4.69, 9.17) is 5.26 Å². The monoisotopic (exact) mass is 243 g/mol. The predicted octanol–water partition coefficient (Wildman–Crippen LogP) is 2.34. The van der Waals surface area contributed by atoms with Crippen molar-refractivity contribution in [3.05, 3.63) is 29.3 Å². The first-order valence-electron chi connectivity index (χ1n) is 6.61. The van der Waals surface area contributed by atoms with Crippen molar-refractivity contribution in [2.75, 3.05) is 37.6 Å². The molecule has 1 saturated heterocycles. The van der Waals surface area contributed by atoms with Crippen LogP contribution in [0.25, 0.3) is 0 Å². The molecule has 3 nitrogen and oxygen atoms in total. The smallest absolute Gasteiger partial charge is 0.0635 e. The summed E-state index contributed by atoms with van der Waals surface area (Å²) in [7, 11) is 0. The molecule has 1 aromatic carbocycles. The lowest BCUT2D eigenvalue weighted by Crippen LogP contribution is -2.46. The number of benzene rings is 1. The van der Waals surface area contributed by atoms with Gasteiger partial charge < -0.3 is 4.90 Å². The number of nitrogens with zero attached hydrogens (tertiary/aromatic N) is 3. The molecule has 1 aromatic rings. The summed E-state index contributed by atoms with van der Waals surface area (Å²) >= 11 is 0. The molecule has 0 aliphatic carbocycles. The van der Waals surface area contributed by atoms with Crippen molar-refractivity contribution < 1.29 is 0 Å². The van der Waals surface area contributed by atoms with E-state index in [-0.39, 0.29) is 0 Å². The summed E-state index contributed by atoms with van der Waals surface area (Å²) in [4.78, 5) is 4.82. The Balaban J connectivity index is 1.95. The van der Waals surface area contributed by atoms with Crippen molar-refractivity contribution in [3.8, 4) is 6.07 Å². The van der Waals surface area contributed by atoms with Crippen LogP contribution in [0.4, 0.5) is 5.69 Å². The van der Waals surface area contributed by atoms with Crippen LogP contribution in [0.1, 0.15) is 17.5 Å². The van der Waals surface area contributed by atoms with Crippen LogP contribution in [0.3, 0.4) is 0 Å². The third-order valence-electron chi connectivity index (χ3n) is 3.48. The van der Waals surface area contributed by atoms with Crippen molar-refractivity contribution in [2.24, 2.45) is 0 Å². The third kappa shape index (κ3) is 3.24. The molecule has 1 aliphatic heterocycles. The zero-order chi connectivity index (χ0) is 13.0. The van der Waals surface area contributed by atoms with Crippen LogP contribution >= 0.6 is 0 Å². The van der Waals surface area contributed by atoms with Crippen molar-refractivity contribution in [1.82, 2.24) is 4.90 Å². The largest absolute Gasteiger partial charge is 0.369 e. The van der Waals surface area contributed by atoms with Gasteiger partial charge in [0.25, 0.3) is 0 Å². The van der Waals surface area contributed by atoms with Crippen molar-refractivity contribution >= 4 is 5.69 Å². The number of piperazine rings is 1. The molecule has 1 aliphatic rings. The van der Waals surface area contributed by atoms with Gasteiger partial charge in [-0.25, -0.2) is 0 Å². The van der Waals surface area contributed by atoms with E-state index in [1.165, 1.54) is 16.8 Å². The summed E-state index contributed by atoms with van der Waals surface area (Å²) in [6, 6.07) is 8.96. The molecule has 0 bridgehead atoms. The Morgan fingerprint density at radius 1 is 1.06 bits per heavy atom. The van der Waals surface area contributed by atoms with Gasteiger partial charge in [0.15, 0.2) is 0 Å². The van der Waals surface area contributed by atoms with Gasteiger partial charge in [0.05, 0.1) is 6.07 Å². The quantitative estimate of drug-likeness (QED) is 0.816. The second-order valence-corrected chi connectivity index (χ2v) is 5.08. The maximum absolute atomic E-state index is 8.60. The van der Waals surface area contributed by atoms with E-state index in [0.717, 1.165) is 32.7 Å². The molecule has 0 saturated carbocycles. The molecule has 3 heteroatoms. The van der Waals surface area contributed by atoms with Gasteiger partial charge >= 0.3 is 0 Å². The lowest BCUT2D eigenvalue weighted by molar-refractivity contribution is 0.263. The van der Waals surface area contributed by atoms with Crippen LogP contribution in [0.15, 0.2) is 18.2 Å². The van der Waals surface area contributed by atoms with Crippen LogP contribution in [0.2, 0.25) is 0 Å². The third-order valence-corrected chi connectivity index (χ3v) is 3.48. The molecule has 18 heavy (non-hydrogen) atoms. The first-order chi connectivity index (χ1) is 8.69. The van der Waals surface area contributed by atoms with E-state index in [9.17, 15) is 0 Å². The van der Waals surface area contributed by atoms with Gasteiger partial charge in [-0.15, -0.1) is 0 Å². The number of hydrogen-bond donors (Lipinski definition) is 0. The maximum Gasteiger partial charge on any atom is 0.0635 e. The molecule has 0 aromatic heterocycles. The maximum atomic E-state index is 8.60. The Morgan fingerprint density at radius 3 is 2.22 bits per heavy atom. The van der Waals surface area contributed by atoms with E-state index in [2.05, 4.69) is 47.9 Å². The topological polar surface area (TPSA) is 30.3 Å². The minimum absolute atomic E-state index is 0.642. The molecule has 2 rings (SSSR count). The summed E-state index contributed by atoms with van der Waals surface area (Å²) in [5.41, 5.74) is 4.00. The normalized spacial score (nSPS) is 16.6. The van der Waals surface area contributed by atoms with Gasteiger partial charge in [0, 0.05) is 44.8 Å². The average Bonchev–Trinajstić information content (AvgIpc) is 2.36. The molecule has 0 radical (unpaired) electrons.